The number of phenols is 1. The smallest absolute Gasteiger partial charge is 0.343 e. The number of carbonyl (C=O) groups is 1. The van der Waals surface area contributed by atoms with Gasteiger partial charge in [-0.25, -0.2) is 4.79 Å². The number of carbonyl (C=O) groups excluding carboxylic acids is 1. The normalized spacial score (nSPS) is 27.1. The van der Waals surface area contributed by atoms with Gasteiger partial charge in [-0.2, -0.15) is 0 Å². The standard InChI is InChI=1S/C37H45NO6/c1-5-6-19-43-25-10-7-23(8-11-25)36(41)44-27-13-16-32(34(39)21-27)38(3)33-22-31-30-14-9-24-20-26(42-4)12-15-28(24)29(30)17-18-37(31,2)35(33)40/h7-8,10-13,15-16,20-21,29-31,33,35,39-40H,5-6,9,14,17-19,22H2,1-4H3/t29-,30-,31+,33+,35+,37+/m1/s1. The SMILES string of the molecule is CCCCOc1ccc(C(=O)Oc2ccc(N(C)[C@H]3C[C@H]4[C@@H]5CCc6cc(OC)ccc6[C@H]5CC[C@]4(C)[C@H]3O)c(O)c2)cc1. The molecule has 2 fully saturated rings. The maximum atomic E-state index is 12.8. The highest BCUT2D eigenvalue weighted by molar-refractivity contribution is 5.91. The van der Waals surface area contributed by atoms with Gasteiger partial charge in [-0.05, 0) is 121 Å². The molecule has 3 aliphatic rings. The molecule has 0 radical (unpaired) electrons. The van der Waals surface area contributed by atoms with Gasteiger partial charge in [0, 0.05) is 13.1 Å². The topological polar surface area (TPSA) is 88.5 Å². The molecule has 0 aromatic heterocycles. The number of ether oxygens (including phenoxy) is 3. The van der Waals surface area contributed by atoms with Gasteiger partial charge in [0.2, 0.25) is 0 Å². The second-order valence-corrected chi connectivity index (χ2v) is 13.1. The number of methoxy groups -OCH3 is 1. The summed E-state index contributed by atoms with van der Waals surface area (Å²) in [6, 6.07) is 18.2. The highest BCUT2D eigenvalue weighted by Crippen LogP contribution is 2.62. The number of aliphatic hydroxyl groups excluding tert-OH is 1. The van der Waals surface area contributed by atoms with Crippen molar-refractivity contribution in [2.75, 3.05) is 25.7 Å². The maximum Gasteiger partial charge on any atom is 0.343 e. The molecule has 234 valence electrons. The minimum absolute atomic E-state index is 0.0168. The van der Waals surface area contributed by atoms with Gasteiger partial charge in [0.1, 0.15) is 23.0 Å². The third kappa shape index (κ3) is 5.51. The molecule has 44 heavy (non-hydrogen) atoms. The van der Waals surface area contributed by atoms with Crippen LogP contribution in [0.25, 0.3) is 0 Å². The number of fused-ring (bicyclic) bond motifs is 5. The number of nitrogens with zero attached hydrogens (tertiary/aromatic N) is 1. The second kappa shape index (κ2) is 12.4. The van der Waals surface area contributed by atoms with Crippen molar-refractivity contribution in [3.8, 4) is 23.0 Å². The largest absolute Gasteiger partial charge is 0.506 e. The average Bonchev–Trinajstić information content (AvgIpc) is 3.31. The molecule has 0 bridgehead atoms. The Bertz CT molecular complexity index is 1490. The highest BCUT2D eigenvalue weighted by Gasteiger charge is 2.59. The molecule has 3 aromatic carbocycles. The second-order valence-electron chi connectivity index (χ2n) is 13.1. The van der Waals surface area contributed by atoms with Crippen LogP contribution in [0, 0.1) is 17.3 Å². The van der Waals surface area contributed by atoms with Crippen molar-refractivity contribution in [2.45, 2.75) is 76.9 Å². The number of aliphatic hydroxyl groups is 1. The van der Waals surface area contributed by atoms with E-state index in [9.17, 15) is 15.0 Å². The van der Waals surface area contributed by atoms with E-state index in [4.69, 9.17) is 14.2 Å². The Kier molecular flexibility index (Phi) is 8.51. The fourth-order valence-electron chi connectivity index (χ4n) is 8.27. The van der Waals surface area contributed by atoms with Crippen LogP contribution in [0.4, 0.5) is 5.69 Å². The molecule has 3 aromatic rings. The summed E-state index contributed by atoms with van der Waals surface area (Å²) in [7, 11) is 3.66. The first-order valence-corrected chi connectivity index (χ1v) is 16.1. The lowest BCUT2D eigenvalue weighted by atomic mass is 9.55. The van der Waals surface area contributed by atoms with Crippen LogP contribution in [0.2, 0.25) is 0 Å². The third-order valence-corrected chi connectivity index (χ3v) is 10.8. The van der Waals surface area contributed by atoms with Gasteiger partial charge in [-0.1, -0.05) is 26.3 Å². The molecule has 2 saturated carbocycles. The van der Waals surface area contributed by atoms with Gasteiger partial charge in [0.25, 0.3) is 0 Å². The van der Waals surface area contributed by atoms with E-state index in [1.807, 2.05) is 11.9 Å². The zero-order valence-electron chi connectivity index (χ0n) is 26.3. The predicted octanol–water partition coefficient (Wildman–Crippen LogP) is 7.13. The van der Waals surface area contributed by atoms with Gasteiger partial charge in [0.05, 0.1) is 37.1 Å². The van der Waals surface area contributed by atoms with Crippen molar-refractivity contribution in [3.63, 3.8) is 0 Å². The van der Waals surface area contributed by atoms with Crippen molar-refractivity contribution < 1.29 is 29.2 Å². The zero-order chi connectivity index (χ0) is 31.0. The van der Waals surface area contributed by atoms with Crippen molar-refractivity contribution in [1.82, 2.24) is 0 Å². The van der Waals surface area contributed by atoms with Gasteiger partial charge in [-0.3, -0.25) is 0 Å². The average molecular weight is 600 g/mol. The lowest BCUT2D eigenvalue weighted by molar-refractivity contribution is -0.0258. The van der Waals surface area contributed by atoms with Crippen LogP contribution >= 0.6 is 0 Å². The van der Waals surface area contributed by atoms with E-state index in [0.29, 0.717) is 41.4 Å². The highest BCUT2D eigenvalue weighted by atomic mass is 16.5. The van der Waals surface area contributed by atoms with Crippen molar-refractivity contribution in [2.24, 2.45) is 17.3 Å². The summed E-state index contributed by atoms with van der Waals surface area (Å²) >= 11 is 0. The molecule has 0 heterocycles. The number of rotatable bonds is 9. The molecule has 0 spiro atoms. The van der Waals surface area contributed by atoms with Crippen LogP contribution in [0.3, 0.4) is 0 Å². The number of hydrogen-bond acceptors (Lipinski definition) is 7. The molecule has 7 nitrogen and oxygen atoms in total. The van der Waals surface area contributed by atoms with Gasteiger partial charge in [-0.15, -0.1) is 0 Å². The Hall–Kier alpha value is -3.71. The van der Waals surface area contributed by atoms with Crippen molar-refractivity contribution >= 4 is 11.7 Å². The number of aromatic hydroxyl groups is 1. The summed E-state index contributed by atoms with van der Waals surface area (Å²) in [6.45, 7) is 5.02. The van der Waals surface area contributed by atoms with Crippen molar-refractivity contribution in [1.29, 1.82) is 0 Å². The van der Waals surface area contributed by atoms with Crippen molar-refractivity contribution in [3.05, 3.63) is 77.4 Å². The summed E-state index contributed by atoms with van der Waals surface area (Å²) in [5.74, 6) is 2.83. The third-order valence-electron chi connectivity index (χ3n) is 10.8. The molecule has 0 aliphatic heterocycles. The number of unbranched alkanes of at least 4 members (excludes halogenated alkanes) is 1. The molecular formula is C37H45NO6. The fourth-order valence-corrected chi connectivity index (χ4v) is 8.27. The minimum atomic E-state index is -0.512. The number of likely N-dealkylation sites (N-methyl/N-ethyl adjacent to an activating group) is 1. The monoisotopic (exact) mass is 599 g/mol. The number of esters is 1. The Morgan fingerprint density at radius 2 is 1.77 bits per heavy atom. The zero-order valence-corrected chi connectivity index (χ0v) is 26.3. The predicted molar refractivity (Wildman–Crippen MR) is 171 cm³/mol. The maximum absolute atomic E-state index is 12.8. The molecule has 0 unspecified atom stereocenters. The molecule has 6 atom stereocenters. The molecule has 0 amide bonds. The number of hydrogen-bond donors (Lipinski definition) is 2. The lowest BCUT2D eigenvalue weighted by Gasteiger charge is -2.50. The fraction of sp³-hybridized carbons (Fsp3) is 0.486. The summed E-state index contributed by atoms with van der Waals surface area (Å²) in [5.41, 5.74) is 3.70. The number of anilines is 1. The Balaban J connectivity index is 1.14. The van der Waals surface area contributed by atoms with E-state index in [1.54, 1.807) is 43.5 Å². The van der Waals surface area contributed by atoms with Crippen LogP contribution in [-0.4, -0.2) is 49.1 Å². The van der Waals surface area contributed by atoms with E-state index in [-0.39, 0.29) is 23.0 Å². The quantitative estimate of drug-likeness (QED) is 0.154. The van der Waals surface area contributed by atoms with Crippen LogP contribution < -0.4 is 19.1 Å². The molecule has 0 saturated heterocycles. The Morgan fingerprint density at radius 1 is 1.02 bits per heavy atom. The van der Waals surface area contributed by atoms with Crippen LogP contribution in [0.5, 0.6) is 23.0 Å². The van der Waals surface area contributed by atoms with Crippen LogP contribution in [-0.2, 0) is 6.42 Å². The van der Waals surface area contributed by atoms with E-state index < -0.39 is 12.1 Å². The van der Waals surface area contributed by atoms with Gasteiger partial charge < -0.3 is 29.3 Å². The Morgan fingerprint density at radius 3 is 2.50 bits per heavy atom. The first-order chi connectivity index (χ1) is 21.2. The minimum Gasteiger partial charge on any atom is -0.506 e. The van der Waals surface area contributed by atoms with Gasteiger partial charge >= 0.3 is 5.97 Å². The summed E-state index contributed by atoms with van der Waals surface area (Å²) in [5, 5.41) is 22.8. The van der Waals surface area contributed by atoms with E-state index >= 15 is 0 Å². The van der Waals surface area contributed by atoms with Crippen LogP contribution in [0.15, 0.2) is 60.7 Å². The number of benzene rings is 3. The molecule has 6 rings (SSSR count). The molecule has 7 heteroatoms. The first-order valence-electron chi connectivity index (χ1n) is 16.1. The van der Waals surface area contributed by atoms with Crippen LogP contribution in [0.1, 0.15) is 79.8 Å². The van der Waals surface area contributed by atoms with E-state index in [0.717, 1.165) is 50.7 Å². The Labute approximate surface area is 260 Å². The van der Waals surface area contributed by atoms with E-state index in [2.05, 4.69) is 32.0 Å². The summed E-state index contributed by atoms with van der Waals surface area (Å²) in [6.07, 6.45) is 6.59. The number of phenolic OH excluding ortho intramolecular Hbond substituents is 1. The molecular weight excluding hydrogens is 554 g/mol. The van der Waals surface area contributed by atoms with Gasteiger partial charge in [0.15, 0.2) is 0 Å². The summed E-state index contributed by atoms with van der Waals surface area (Å²) in [4.78, 5) is 14.8. The molecule has 3 aliphatic carbocycles. The summed E-state index contributed by atoms with van der Waals surface area (Å²) < 4.78 is 16.7. The first kappa shape index (κ1) is 30.3. The number of aryl methyl sites for hydroxylation is 1. The molecule has 2 N–H and O–H groups in total. The lowest BCUT2D eigenvalue weighted by Crippen LogP contribution is -2.47. The van der Waals surface area contributed by atoms with E-state index in [1.165, 1.54) is 17.2 Å².